The number of hydrogen-bond acceptors (Lipinski definition) is 2. The molecule has 1 aliphatic rings. The second-order valence-electron chi connectivity index (χ2n) is 2.23. The predicted molar refractivity (Wildman–Crippen MR) is 35.8 cm³/mol. The molecule has 2 N–H and O–H groups in total. The van der Waals surface area contributed by atoms with Crippen LogP contribution in [0.3, 0.4) is 0 Å². The molecule has 1 saturated heterocycles. The summed E-state index contributed by atoms with van der Waals surface area (Å²) in [6.45, 7) is 3.33. The van der Waals surface area contributed by atoms with Crippen LogP contribution in [0.5, 0.6) is 0 Å². The molecule has 0 amide bonds. The molecule has 0 aliphatic carbocycles. The Bertz CT molecular complexity index is 145. The van der Waals surface area contributed by atoms with Gasteiger partial charge in [-0.1, -0.05) is 5.92 Å². The molecule has 1 unspecified atom stereocenters. The van der Waals surface area contributed by atoms with E-state index in [1.807, 2.05) is 0 Å². The Balaban J connectivity index is 2.46. The van der Waals surface area contributed by atoms with E-state index in [-0.39, 0.29) is 12.0 Å². The highest BCUT2D eigenvalue weighted by atomic mass is 16.3. The van der Waals surface area contributed by atoms with Crippen molar-refractivity contribution in [2.75, 3.05) is 13.1 Å². The van der Waals surface area contributed by atoms with Crippen LogP contribution >= 0.6 is 0 Å². The van der Waals surface area contributed by atoms with Gasteiger partial charge in [0.05, 0.1) is 12.0 Å². The molecule has 50 valence electrons. The zero-order valence-corrected chi connectivity index (χ0v) is 5.52. The van der Waals surface area contributed by atoms with Crippen LogP contribution in [0.2, 0.25) is 0 Å². The molecule has 0 radical (unpaired) electrons. The number of aliphatic hydroxyl groups excluding tert-OH is 1. The van der Waals surface area contributed by atoms with Gasteiger partial charge in [0.25, 0.3) is 0 Å². The summed E-state index contributed by atoms with van der Waals surface area (Å²) < 4.78 is 0. The number of nitrogens with one attached hydrogen (secondary N) is 1. The number of rotatable bonds is 0. The van der Waals surface area contributed by atoms with E-state index in [0.717, 1.165) is 6.54 Å². The van der Waals surface area contributed by atoms with Crippen molar-refractivity contribution in [3.8, 4) is 11.8 Å². The van der Waals surface area contributed by atoms with Crippen LogP contribution in [-0.2, 0) is 0 Å². The van der Waals surface area contributed by atoms with Crippen molar-refractivity contribution in [1.82, 2.24) is 5.32 Å². The molecule has 1 heterocycles. The Kier molecular flexibility index (Phi) is 2.10. The highest BCUT2D eigenvalue weighted by molar-refractivity contribution is 5.06. The average Bonchev–Trinajstić information content (AvgIpc) is 2.18. The molecule has 0 bridgehead atoms. The summed E-state index contributed by atoms with van der Waals surface area (Å²) in [5.41, 5.74) is 0. The SMILES string of the molecule is CC#CC1CNC[C@@H]1O. The van der Waals surface area contributed by atoms with Gasteiger partial charge in [0.15, 0.2) is 0 Å². The van der Waals surface area contributed by atoms with Crippen LogP contribution in [0.15, 0.2) is 0 Å². The van der Waals surface area contributed by atoms with Gasteiger partial charge in [0.1, 0.15) is 0 Å². The summed E-state index contributed by atoms with van der Waals surface area (Å²) in [5, 5.41) is 12.2. The van der Waals surface area contributed by atoms with Crippen LogP contribution in [0.25, 0.3) is 0 Å². The van der Waals surface area contributed by atoms with Gasteiger partial charge in [0.2, 0.25) is 0 Å². The van der Waals surface area contributed by atoms with E-state index in [1.54, 1.807) is 6.92 Å². The topological polar surface area (TPSA) is 32.3 Å². The molecule has 0 aromatic rings. The Hall–Kier alpha value is -0.520. The van der Waals surface area contributed by atoms with E-state index in [9.17, 15) is 0 Å². The summed E-state index contributed by atoms with van der Waals surface area (Å²) in [5.74, 6) is 5.88. The summed E-state index contributed by atoms with van der Waals surface area (Å²) in [7, 11) is 0. The standard InChI is InChI=1S/C7H11NO/c1-2-3-6-4-8-5-7(6)9/h6-9H,4-5H2,1H3/t6?,7-/m0/s1. The minimum atomic E-state index is -0.252. The van der Waals surface area contributed by atoms with Crippen LogP contribution in [0, 0.1) is 17.8 Å². The first-order chi connectivity index (χ1) is 4.34. The second-order valence-corrected chi connectivity index (χ2v) is 2.23. The summed E-state index contributed by atoms with van der Waals surface area (Å²) in [6, 6.07) is 0. The normalized spacial score (nSPS) is 33.6. The lowest BCUT2D eigenvalue weighted by atomic mass is 10.1. The van der Waals surface area contributed by atoms with Crippen molar-refractivity contribution in [2.45, 2.75) is 13.0 Å². The van der Waals surface area contributed by atoms with Gasteiger partial charge in [-0.3, -0.25) is 0 Å². The lowest BCUT2D eigenvalue weighted by molar-refractivity contribution is 0.171. The van der Waals surface area contributed by atoms with Gasteiger partial charge in [-0.2, -0.15) is 0 Å². The van der Waals surface area contributed by atoms with Crippen molar-refractivity contribution in [3.63, 3.8) is 0 Å². The Labute approximate surface area is 55.3 Å². The molecule has 2 nitrogen and oxygen atoms in total. The fourth-order valence-corrected chi connectivity index (χ4v) is 0.998. The van der Waals surface area contributed by atoms with Gasteiger partial charge in [0, 0.05) is 13.1 Å². The first-order valence-electron chi connectivity index (χ1n) is 3.15. The third-order valence-corrected chi connectivity index (χ3v) is 1.51. The fraction of sp³-hybridized carbons (Fsp3) is 0.714. The van der Waals surface area contributed by atoms with E-state index in [1.165, 1.54) is 0 Å². The van der Waals surface area contributed by atoms with Crippen LogP contribution < -0.4 is 5.32 Å². The van der Waals surface area contributed by atoms with E-state index in [2.05, 4.69) is 17.2 Å². The molecule has 1 rings (SSSR count). The molecular formula is C7H11NO. The number of aliphatic hydroxyl groups is 1. The number of β-amino-alcohol motifs (C(OH)–C–C–N with tert-alkyl or cyclic N) is 1. The Morgan fingerprint density at radius 1 is 1.56 bits per heavy atom. The quantitative estimate of drug-likeness (QED) is 0.431. The van der Waals surface area contributed by atoms with Crippen molar-refractivity contribution in [2.24, 2.45) is 5.92 Å². The van der Waals surface area contributed by atoms with E-state index >= 15 is 0 Å². The molecule has 0 saturated carbocycles. The molecule has 9 heavy (non-hydrogen) atoms. The van der Waals surface area contributed by atoms with E-state index in [4.69, 9.17) is 5.11 Å². The molecule has 1 fully saturated rings. The second kappa shape index (κ2) is 2.86. The highest BCUT2D eigenvalue weighted by Crippen LogP contribution is 2.05. The molecular weight excluding hydrogens is 114 g/mol. The van der Waals surface area contributed by atoms with Crippen LogP contribution in [-0.4, -0.2) is 24.3 Å². The van der Waals surface area contributed by atoms with Gasteiger partial charge in [-0.05, 0) is 6.92 Å². The van der Waals surface area contributed by atoms with E-state index in [0.29, 0.717) is 6.54 Å². The molecule has 0 aromatic heterocycles. The highest BCUT2D eigenvalue weighted by Gasteiger charge is 2.22. The van der Waals surface area contributed by atoms with Gasteiger partial charge < -0.3 is 10.4 Å². The molecule has 1 aliphatic heterocycles. The third-order valence-electron chi connectivity index (χ3n) is 1.51. The first kappa shape index (κ1) is 6.60. The van der Waals surface area contributed by atoms with Gasteiger partial charge in [-0.15, -0.1) is 5.92 Å². The maximum Gasteiger partial charge on any atom is 0.0814 e. The molecule has 0 spiro atoms. The summed E-state index contributed by atoms with van der Waals surface area (Å²) >= 11 is 0. The third kappa shape index (κ3) is 1.44. The van der Waals surface area contributed by atoms with Crippen LogP contribution in [0.1, 0.15) is 6.92 Å². The minimum Gasteiger partial charge on any atom is -0.390 e. The Morgan fingerprint density at radius 2 is 2.33 bits per heavy atom. The Morgan fingerprint density at radius 3 is 2.78 bits per heavy atom. The monoisotopic (exact) mass is 125 g/mol. The van der Waals surface area contributed by atoms with Crippen molar-refractivity contribution in [1.29, 1.82) is 0 Å². The summed E-state index contributed by atoms with van der Waals surface area (Å²) in [4.78, 5) is 0. The predicted octanol–water partition coefficient (Wildman–Crippen LogP) is -0.410. The number of hydrogen-bond donors (Lipinski definition) is 2. The van der Waals surface area contributed by atoms with Crippen LogP contribution in [0.4, 0.5) is 0 Å². The smallest absolute Gasteiger partial charge is 0.0814 e. The first-order valence-corrected chi connectivity index (χ1v) is 3.15. The maximum absolute atomic E-state index is 9.16. The zero-order chi connectivity index (χ0) is 6.69. The molecule has 0 aromatic carbocycles. The minimum absolute atomic E-state index is 0.162. The van der Waals surface area contributed by atoms with Gasteiger partial charge >= 0.3 is 0 Å². The van der Waals surface area contributed by atoms with Crippen molar-refractivity contribution >= 4 is 0 Å². The van der Waals surface area contributed by atoms with E-state index < -0.39 is 0 Å². The van der Waals surface area contributed by atoms with Gasteiger partial charge in [-0.25, -0.2) is 0 Å². The molecule has 2 heteroatoms. The molecule has 2 atom stereocenters. The lowest BCUT2D eigenvalue weighted by Crippen LogP contribution is -2.15. The summed E-state index contributed by atoms with van der Waals surface area (Å²) in [6.07, 6.45) is -0.252. The fourth-order valence-electron chi connectivity index (χ4n) is 0.998. The zero-order valence-electron chi connectivity index (χ0n) is 5.52. The average molecular weight is 125 g/mol. The van der Waals surface area contributed by atoms with Crippen molar-refractivity contribution in [3.05, 3.63) is 0 Å². The lowest BCUT2D eigenvalue weighted by Gasteiger charge is -2.02. The van der Waals surface area contributed by atoms with Crippen molar-refractivity contribution < 1.29 is 5.11 Å². The largest absolute Gasteiger partial charge is 0.390 e. The maximum atomic E-state index is 9.16.